The Morgan fingerprint density at radius 1 is 1.50 bits per heavy atom. The van der Waals surface area contributed by atoms with Crippen LogP contribution >= 0.6 is 11.3 Å². The first-order valence-electron chi connectivity index (χ1n) is 6.75. The lowest BCUT2D eigenvalue weighted by atomic mass is 9.92. The molecule has 1 heterocycles. The Balaban J connectivity index is 2.78. The molecule has 3 nitrogen and oxygen atoms in total. The van der Waals surface area contributed by atoms with Crippen molar-refractivity contribution >= 4 is 11.3 Å². The van der Waals surface area contributed by atoms with Crippen molar-refractivity contribution in [2.24, 2.45) is 11.1 Å². The fourth-order valence-corrected chi connectivity index (χ4v) is 2.77. The second-order valence-corrected chi connectivity index (χ2v) is 6.87. The zero-order chi connectivity index (χ0) is 13.8. The van der Waals surface area contributed by atoms with Crippen molar-refractivity contribution in [2.75, 3.05) is 19.6 Å². The molecule has 1 aromatic heterocycles. The van der Waals surface area contributed by atoms with Crippen LogP contribution in [-0.4, -0.2) is 29.5 Å². The van der Waals surface area contributed by atoms with Gasteiger partial charge in [-0.25, -0.2) is 4.98 Å². The van der Waals surface area contributed by atoms with Crippen molar-refractivity contribution in [3.05, 3.63) is 16.1 Å². The van der Waals surface area contributed by atoms with Gasteiger partial charge in [-0.3, -0.25) is 4.90 Å². The molecule has 0 saturated carbocycles. The van der Waals surface area contributed by atoms with Crippen LogP contribution in [0.15, 0.2) is 5.38 Å². The van der Waals surface area contributed by atoms with Gasteiger partial charge in [0, 0.05) is 11.9 Å². The SMILES string of the molecule is CCCN(CC(C)(C)CN)C(C)c1csc(C)n1. The lowest BCUT2D eigenvalue weighted by molar-refractivity contribution is 0.139. The molecule has 0 amide bonds. The summed E-state index contributed by atoms with van der Waals surface area (Å²) >= 11 is 1.73. The molecule has 2 N–H and O–H groups in total. The highest BCUT2D eigenvalue weighted by Gasteiger charge is 2.24. The molecule has 0 aliphatic carbocycles. The molecule has 1 rings (SSSR count). The molecule has 0 spiro atoms. The molecular formula is C14H27N3S. The van der Waals surface area contributed by atoms with Gasteiger partial charge in [0.1, 0.15) is 0 Å². The van der Waals surface area contributed by atoms with Crippen molar-refractivity contribution in [1.82, 2.24) is 9.88 Å². The quantitative estimate of drug-likeness (QED) is 0.826. The van der Waals surface area contributed by atoms with Crippen LogP contribution in [0.2, 0.25) is 0 Å². The summed E-state index contributed by atoms with van der Waals surface area (Å²) in [6.45, 7) is 13.8. The number of nitrogens with zero attached hydrogens (tertiary/aromatic N) is 2. The summed E-state index contributed by atoms with van der Waals surface area (Å²) in [5.41, 5.74) is 7.21. The minimum atomic E-state index is 0.161. The van der Waals surface area contributed by atoms with E-state index >= 15 is 0 Å². The Bertz CT molecular complexity index is 360. The highest BCUT2D eigenvalue weighted by atomic mass is 32.1. The lowest BCUT2D eigenvalue weighted by Crippen LogP contribution is -2.40. The molecule has 0 aromatic carbocycles. The third-order valence-electron chi connectivity index (χ3n) is 3.31. The molecule has 0 saturated heterocycles. The Labute approximate surface area is 115 Å². The minimum absolute atomic E-state index is 0.161. The fraction of sp³-hybridized carbons (Fsp3) is 0.786. The summed E-state index contributed by atoms with van der Waals surface area (Å²) in [7, 11) is 0. The van der Waals surface area contributed by atoms with E-state index in [4.69, 9.17) is 5.73 Å². The number of thiazole rings is 1. The van der Waals surface area contributed by atoms with Gasteiger partial charge in [-0.2, -0.15) is 0 Å². The highest BCUT2D eigenvalue weighted by molar-refractivity contribution is 7.09. The Morgan fingerprint density at radius 2 is 2.17 bits per heavy atom. The molecule has 1 atom stereocenters. The number of aryl methyl sites for hydroxylation is 1. The smallest absolute Gasteiger partial charge is 0.0898 e. The highest BCUT2D eigenvalue weighted by Crippen LogP contribution is 2.26. The van der Waals surface area contributed by atoms with Gasteiger partial charge in [0.2, 0.25) is 0 Å². The van der Waals surface area contributed by atoms with E-state index in [1.54, 1.807) is 11.3 Å². The molecule has 0 aliphatic rings. The lowest BCUT2D eigenvalue weighted by Gasteiger charge is -2.35. The van der Waals surface area contributed by atoms with Crippen LogP contribution in [0.5, 0.6) is 0 Å². The van der Waals surface area contributed by atoms with Gasteiger partial charge < -0.3 is 5.73 Å². The van der Waals surface area contributed by atoms with Crippen LogP contribution in [0.25, 0.3) is 0 Å². The maximum Gasteiger partial charge on any atom is 0.0898 e. The van der Waals surface area contributed by atoms with E-state index < -0.39 is 0 Å². The van der Waals surface area contributed by atoms with Crippen molar-refractivity contribution in [3.8, 4) is 0 Å². The summed E-state index contributed by atoms with van der Waals surface area (Å²) in [6.07, 6.45) is 1.16. The Kier molecular flexibility index (Phi) is 5.76. The first-order chi connectivity index (χ1) is 8.39. The molecule has 18 heavy (non-hydrogen) atoms. The van der Waals surface area contributed by atoms with Crippen LogP contribution in [-0.2, 0) is 0 Å². The molecule has 0 aliphatic heterocycles. The minimum Gasteiger partial charge on any atom is -0.330 e. The molecule has 1 unspecified atom stereocenters. The number of hydrogen-bond acceptors (Lipinski definition) is 4. The predicted molar refractivity (Wildman–Crippen MR) is 80.0 cm³/mol. The molecule has 4 heteroatoms. The number of rotatable bonds is 7. The van der Waals surface area contributed by atoms with E-state index in [0.717, 1.165) is 31.1 Å². The average molecular weight is 269 g/mol. The summed E-state index contributed by atoms with van der Waals surface area (Å²) in [5, 5.41) is 3.32. The number of hydrogen-bond donors (Lipinski definition) is 1. The van der Waals surface area contributed by atoms with Gasteiger partial charge in [-0.15, -0.1) is 11.3 Å². The summed E-state index contributed by atoms with van der Waals surface area (Å²) < 4.78 is 0. The van der Waals surface area contributed by atoms with Crippen LogP contribution in [0.1, 0.15) is 50.9 Å². The van der Waals surface area contributed by atoms with E-state index in [0.29, 0.717) is 6.04 Å². The van der Waals surface area contributed by atoms with Gasteiger partial charge in [-0.05, 0) is 38.8 Å². The summed E-state index contributed by atoms with van der Waals surface area (Å²) in [5.74, 6) is 0. The van der Waals surface area contributed by atoms with Crippen LogP contribution < -0.4 is 5.73 Å². The maximum atomic E-state index is 5.85. The van der Waals surface area contributed by atoms with E-state index in [1.165, 1.54) is 5.69 Å². The molecule has 1 aromatic rings. The topological polar surface area (TPSA) is 42.1 Å². The van der Waals surface area contributed by atoms with Gasteiger partial charge >= 0.3 is 0 Å². The van der Waals surface area contributed by atoms with E-state index in [1.807, 2.05) is 0 Å². The first-order valence-corrected chi connectivity index (χ1v) is 7.63. The monoisotopic (exact) mass is 269 g/mol. The van der Waals surface area contributed by atoms with Crippen molar-refractivity contribution in [2.45, 2.75) is 47.1 Å². The van der Waals surface area contributed by atoms with Crippen molar-refractivity contribution < 1.29 is 0 Å². The third kappa shape index (κ3) is 4.34. The average Bonchev–Trinajstić information content (AvgIpc) is 2.74. The summed E-state index contributed by atoms with van der Waals surface area (Å²) in [6, 6.07) is 0.376. The maximum absolute atomic E-state index is 5.85. The number of aromatic nitrogens is 1. The normalized spacial score (nSPS) is 14.2. The van der Waals surface area contributed by atoms with E-state index in [-0.39, 0.29) is 5.41 Å². The molecular weight excluding hydrogens is 242 g/mol. The van der Waals surface area contributed by atoms with E-state index in [2.05, 4.69) is 49.9 Å². The zero-order valence-corrected chi connectivity index (χ0v) is 13.2. The van der Waals surface area contributed by atoms with Crippen LogP contribution in [0.3, 0.4) is 0 Å². The molecule has 104 valence electrons. The fourth-order valence-electron chi connectivity index (χ4n) is 2.07. The van der Waals surface area contributed by atoms with Gasteiger partial charge in [0.05, 0.1) is 16.7 Å². The first kappa shape index (κ1) is 15.6. The van der Waals surface area contributed by atoms with Crippen molar-refractivity contribution in [3.63, 3.8) is 0 Å². The standard InChI is InChI=1S/C14H27N3S/c1-6-7-17(10-14(4,5)9-15)11(2)13-8-18-12(3)16-13/h8,11H,6-7,9-10,15H2,1-5H3. The molecule has 0 bridgehead atoms. The summed E-state index contributed by atoms with van der Waals surface area (Å²) in [4.78, 5) is 7.12. The molecule has 0 fully saturated rings. The largest absolute Gasteiger partial charge is 0.330 e. The van der Waals surface area contributed by atoms with Crippen molar-refractivity contribution in [1.29, 1.82) is 0 Å². The third-order valence-corrected chi connectivity index (χ3v) is 4.10. The van der Waals surface area contributed by atoms with Crippen LogP contribution in [0, 0.1) is 12.3 Å². The van der Waals surface area contributed by atoms with Gasteiger partial charge in [0.25, 0.3) is 0 Å². The van der Waals surface area contributed by atoms with Crippen LogP contribution in [0.4, 0.5) is 0 Å². The Hall–Kier alpha value is -0.450. The molecule has 0 radical (unpaired) electrons. The predicted octanol–water partition coefficient (Wildman–Crippen LogP) is 3.21. The van der Waals surface area contributed by atoms with E-state index in [9.17, 15) is 0 Å². The van der Waals surface area contributed by atoms with Gasteiger partial charge in [0.15, 0.2) is 0 Å². The van der Waals surface area contributed by atoms with Gasteiger partial charge in [-0.1, -0.05) is 20.8 Å². The zero-order valence-electron chi connectivity index (χ0n) is 12.4. The second-order valence-electron chi connectivity index (χ2n) is 5.81. The number of nitrogens with two attached hydrogens (primary N) is 1. The second kappa shape index (κ2) is 6.64. The Morgan fingerprint density at radius 3 is 2.61 bits per heavy atom.